The second-order valence-electron chi connectivity index (χ2n) is 6.86. The van der Waals surface area contributed by atoms with Gasteiger partial charge in [0.2, 0.25) is 0 Å². The molecule has 2 aliphatic rings. The highest BCUT2D eigenvalue weighted by Crippen LogP contribution is 2.34. The molecular formula is C21H25NO5S2. The van der Waals surface area contributed by atoms with Crippen molar-refractivity contribution in [1.82, 2.24) is 4.90 Å². The Hall–Kier alpha value is -2.06. The Balaban J connectivity index is 1.67. The van der Waals surface area contributed by atoms with Gasteiger partial charge in [0.1, 0.15) is 17.0 Å². The summed E-state index contributed by atoms with van der Waals surface area (Å²) in [5.41, 5.74) is 0.788. The van der Waals surface area contributed by atoms with E-state index in [-0.39, 0.29) is 18.6 Å². The Kier molecular flexibility index (Phi) is 7.55. The number of hydrogen-bond donors (Lipinski definition) is 0. The van der Waals surface area contributed by atoms with Crippen molar-refractivity contribution in [1.29, 1.82) is 0 Å². The molecule has 1 aromatic carbocycles. The van der Waals surface area contributed by atoms with Gasteiger partial charge in [0, 0.05) is 0 Å². The minimum atomic E-state index is -0.405. The molecule has 0 atom stereocenters. The molecule has 0 N–H and O–H groups in total. The van der Waals surface area contributed by atoms with Crippen molar-refractivity contribution in [2.24, 2.45) is 0 Å². The normalized spacial score (nSPS) is 19.0. The fourth-order valence-electron chi connectivity index (χ4n) is 3.37. The van der Waals surface area contributed by atoms with E-state index >= 15 is 0 Å². The third-order valence-corrected chi connectivity index (χ3v) is 6.17. The third kappa shape index (κ3) is 5.51. The van der Waals surface area contributed by atoms with Crippen molar-refractivity contribution in [3.63, 3.8) is 0 Å². The number of thiocarbonyl (C=S) groups is 1. The topological polar surface area (TPSA) is 65.1 Å². The molecule has 1 aliphatic heterocycles. The first-order valence-corrected chi connectivity index (χ1v) is 11.0. The molecule has 0 aromatic heterocycles. The molecule has 1 aliphatic carbocycles. The molecule has 156 valence electrons. The summed E-state index contributed by atoms with van der Waals surface area (Å²) in [7, 11) is 1.57. The summed E-state index contributed by atoms with van der Waals surface area (Å²) in [5.74, 6) is 0.544. The van der Waals surface area contributed by atoms with Gasteiger partial charge in [-0.05, 0) is 56.4 Å². The van der Waals surface area contributed by atoms with Crippen LogP contribution >= 0.6 is 24.0 Å². The fourth-order valence-corrected chi connectivity index (χ4v) is 4.63. The van der Waals surface area contributed by atoms with Crippen molar-refractivity contribution < 1.29 is 23.8 Å². The van der Waals surface area contributed by atoms with Gasteiger partial charge in [-0.3, -0.25) is 14.5 Å². The van der Waals surface area contributed by atoms with Crippen molar-refractivity contribution >= 4 is 46.3 Å². The van der Waals surface area contributed by atoms with E-state index in [2.05, 4.69) is 0 Å². The summed E-state index contributed by atoms with van der Waals surface area (Å²) < 4.78 is 16.7. The number of hydrogen-bond acceptors (Lipinski definition) is 7. The molecule has 1 saturated heterocycles. The number of thioether (sulfide) groups is 1. The van der Waals surface area contributed by atoms with Gasteiger partial charge >= 0.3 is 5.97 Å². The minimum Gasteiger partial charge on any atom is -0.493 e. The molecule has 0 bridgehead atoms. The average Bonchev–Trinajstić information content (AvgIpc) is 2.97. The number of amides is 1. The minimum absolute atomic E-state index is 0.0403. The van der Waals surface area contributed by atoms with Crippen LogP contribution in [0.5, 0.6) is 11.5 Å². The van der Waals surface area contributed by atoms with Crippen LogP contribution in [-0.4, -0.2) is 47.5 Å². The summed E-state index contributed by atoms with van der Waals surface area (Å²) in [6, 6.07) is 5.45. The fraction of sp³-hybridized carbons (Fsp3) is 0.476. The molecule has 1 saturated carbocycles. The Labute approximate surface area is 180 Å². The smallest absolute Gasteiger partial charge is 0.326 e. The lowest BCUT2D eigenvalue weighted by molar-refractivity contribution is -0.152. The maximum Gasteiger partial charge on any atom is 0.326 e. The van der Waals surface area contributed by atoms with Gasteiger partial charge in [-0.2, -0.15) is 0 Å². The highest BCUT2D eigenvalue weighted by molar-refractivity contribution is 8.26. The standard InChI is InChI=1S/C21H25NO5S2/c1-3-26-16-10-9-14(11-17(16)25-2)12-18-20(24)22(21(28)29-18)13-19(23)27-15-7-5-4-6-8-15/h9-12,15H,3-8,13H2,1-2H3/b18-12-. The Morgan fingerprint density at radius 2 is 2.03 bits per heavy atom. The van der Waals surface area contributed by atoms with E-state index in [9.17, 15) is 9.59 Å². The van der Waals surface area contributed by atoms with Crippen LogP contribution in [0.2, 0.25) is 0 Å². The van der Waals surface area contributed by atoms with Crippen LogP contribution in [0, 0.1) is 0 Å². The molecule has 8 heteroatoms. The first-order chi connectivity index (χ1) is 14.0. The first-order valence-electron chi connectivity index (χ1n) is 9.77. The van der Waals surface area contributed by atoms with E-state index in [0.29, 0.717) is 27.3 Å². The number of esters is 1. The second kappa shape index (κ2) is 10.1. The summed E-state index contributed by atoms with van der Waals surface area (Å²) in [4.78, 5) is 26.8. The van der Waals surface area contributed by atoms with E-state index in [1.54, 1.807) is 25.3 Å². The molecule has 0 spiro atoms. The van der Waals surface area contributed by atoms with Crippen molar-refractivity contribution in [3.8, 4) is 11.5 Å². The van der Waals surface area contributed by atoms with Crippen LogP contribution < -0.4 is 9.47 Å². The van der Waals surface area contributed by atoms with Crippen LogP contribution in [0.3, 0.4) is 0 Å². The molecular weight excluding hydrogens is 410 g/mol. The van der Waals surface area contributed by atoms with E-state index in [1.807, 2.05) is 13.0 Å². The van der Waals surface area contributed by atoms with Gasteiger partial charge in [0.05, 0.1) is 18.6 Å². The zero-order chi connectivity index (χ0) is 20.8. The number of methoxy groups -OCH3 is 1. The molecule has 0 unspecified atom stereocenters. The highest BCUT2D eigenvalue weighted by atomic mass is 32.2. The van der Waals surface area contributed by atoms with E-state index in [4.69, 9.17) is 26.4 Å². The van der Waals surface area contributed by atoms with Crippen molar-refractivity contribution in [3.05, 3.63) is 28.7 Å². The van der Waals surface area contributed by atoms with Gasteiger partial charge in [0.15, 0.2) is 11.5 Å². The van der Waals surface area contributed by atoms with Gasteiger partial charge in [-0.15, -0.1) is 0 Å². The lowest BCUT2D eigenvalue weighted by atomic mass is 9.98. The van der Waals surface area contributed by atoms with Crippen molar-refractivity contribution in [2.45, 2.75) is 45.1 Å². The number of carbonyl (C=O) groups excluding carboxylic acids is 2. The number of ether oxygens (including phenoxy) is 3. The molecule has 2 fully saturated rings. The second-order valence-corrected chi connectivity index (χ2v) is 8.54. The Morgan fingerprint density at radius 1 is 1.28 bits per heavy atom. The summed E-state index contributed by atoms with van der Waals surface area (Å²) in [6.07, 6.45) is 6.82. The molecule has 1 aromatic rings. The Morgan fingerprint density at radius 3 is 2.72 bits per heavy atom. The maximum absolute atomic E-state index is 12.8. The van der Waals surface area contributed by atoms with Gasteiger partial charge in [-0.1, -0.05) is 36.5 Å². The van der Waals surface area contributed by atoms with Crippen LogP contribution in [0.15, 0.2) is 23.1 Å². The van der Waals surface area contributed by atoms with Crippen LogP contribution in [0.4, 0.5) is 0 Å². The average molecular weight is 436 g/mol. The quantitative estimate of drug-likeness (QED) is 0.362. The Bertz CT molecular complexity index is 817. The summed E-state index contributed by atoms with van der Waals surface area (Å²) >= 11 is 6.49. The van der Waals surface area contributed by atoms with Crippen LogP contribution in [-0.2, 0) is 14.3 Å². The lowest BCUT2D eigenvalue weighted by Gasteiger charge is -2.23. The summed E-state index contributed by atoms with van der Waals surface area (Å²) in [5, 5.41) is 0. The van der Waals surface area contributed by atoms with Gasteiger partial charge in [-0.25, -0.2) is 0 Å². The van der Waals surface area contributed by atoms with Crippen molar-refractivity contribution in [2.75, 3.05) is 20.3 Å². The number of nitrogens with zero attached hydrogens (tertiary/aromatic N) is 1. The lowest BCUT2D eigenvalue weighted by Crippen LogP contribution is -2.36. The molecule has 6 nitrogen and oxygen atoms in total. The van der Waals surface area contributed by atoms with E-state index in [1.165, 1.54) is 23.1 Å². The maximum atomic E-state index is 12.8. The largest absolute Gasteiger partial charge is 0.493 e. The molecule has 1 heterocycles. The SMILES string of the molecule is CCOc1ccc(/C=C2\SC(=S)N(CC(=O)OC3CCCCC3)C2=O)cc1OC. The van der Waals surface area contributed by atoms with Gasteiger partial charge in [0.25, 0.3) is 5.91 Å². The van der Waals surface area contributed by atoms with E-state index in [0.717, 1.165) is 31.2 Å². The molecule has 0 radical (unpaired) electrons. The summed E-state index contributed by atoms with van der Waals surface area (Å²) in [6.45, 7) is 2.29. The molecule has 29 heavy (non-hydrogen) atoms. The zero-order valence-electron chi connectivity index (χ0n) is 16.6. The monoisotopic (exact) mass is 435 g/mol. The predicted octanol–water partition coefficient (Wildman–Crippen LogP) is 4.17. The predicted molar refractivity (Wildman–Crippen MR) is 117 cm³/mol. The van der Waals surface area contributed by atoms with E-state index < -0.39 is 5.97 Å². The number of carbonyl (C=O) groups is 2. The number of rotatable bonds is 7. The number of benzene rings is 1. The molecule has 1 amide bonds. The van der Waals surface area contributed by atoms with Crippen LogP contribution in [0.1, 0.15) is 44.6 Å². The first kappa shape index (κ1) is 21.6. The van der Waals surface area contributed by atoms with Gasteiger partial charge < -0.3 is 14.2 Å². The zero-order valence-corrected chi connectivity index (χ0v) is 18.3. The highest BCUT2D eigenvalue weighted by Gasteiger charge is 2.34. The third-order valence-electron chi connectivity index (χ3n) is 4.80. The molecule has 3 rings (SSSR count). The van der Waals surface area contributed by atoms with Crippen LogP contribution in [0.25, 0.3) is 6.08 Å².